The molecule has 1 fully saturated rings. The van der Waals surface area contributed by atoms with Crippen molar-refractivity contribution in [3.05, 3.63) is 39.5 Å². The van der Waals surface area contributed by atoms with Crippen molar-refractivity contribution in [1.29, 1.82) is 0 Å². The minimum atomic E-state index is -3.87. The lowest BCUT2D eigenvalue weighted by molar-refractivity contribution is -0.131. The molecule has 154 valence electrons. The zero-order chi connectivity index (χ0) is 20.6. The molecule has 2 aliphatic heterocycles. The van der Waals surface area contributed by atoms with E-state index < -0.39 is 10.0 Å². The average Bonchev–Trinajstić information content (AvgIpc) is 3.20. The molecule has 0 atom stereocenters. The molecule has 3 heterocycles. The smallest absolute Gasteiger partial charge is 0.262 e. The maximum atomic E-state index is 13.1. The number of fused-ring (bicyclic) bond motifs is 1. The molecule has 2 amide bonds. The van der Waals surface area contributed by atoms with Crippen molar-refractivity contribution >= 4 is 50.5 Å². The molecule has 1 aromatic carbocycles. The van der Waals surface area contributed by atoms with E-state index in [1.165, 1.54) is 27.8 Å². The largest absolute Gasteiger partial charge is 0.482 e. The van der Waals surface area contributed by atoms with Crippen molar-refractivity contribution < 1.29 is 22.7 Å². The number of sulfonamides is 1. The Morgan fingerprint density at radius 1 is 1.24 bits per heavy atom. The fourth-order valence-corrected chi connectivity index (χ4v) is 5.91. The molecule has 0 unspecified atom stereocenters. The number of carbonyl (C=O) groups is 2. The van der Waals surface area contributed by atoms with Crippen LogP contribution in [-0.4, -0.2) is 62.2 Å². The fraction of sp³-hybridized carbons (Fsp3) is 0.333. The van der Waals surface area contributed by atoms with Crippen LogP contribution in [-0.2, 0) is 26.0 Å². The van der Waals surface area contributed by atoms with E-state index >= 15 is 0 Å². The maximum absolute atomic E-state index is 13.1. The molecule has 1 saturated heterocycles. The van der Waals surface area contributed by atoms with E-state index in [0.717, 1.165) is 4.88 Å². The van der Waals surface area contributed by atoms with Gasteiger partial charge in [-0.15, -0.1) is 11.3 Å². The molecule has 0 radical (unpaired) electrons. The normalized spacial score (nSPS) is 17.4. The van der Waals surface area contributed by atoms with E-state index in [1.54, 1.807) is 4.90 Å². The first-order chi connectivity index (χ1) is 13.8. The third-order valence-corrected chi connectivity index (χ3v) is 8.02. The van der Waals surface area contributed by atoms with Crippen molar-refractivity contribution in [2.75, 3.05) is 38.1 Å². The van der Waals surface area contributed by atoms with Gasteiger partial charge in [-0.25, -0.2) is 8.42 Å². The summed E-state index contributed by atoms with van der Waals surface area (Å²) in [5, 5.41) is 4.52. The molecule has 11 heteroatoms. The summed E-state index contributed by atoms with van der Waals surface area (Å²) < 4.78 is 32.8. The lowest BCUT2D eigenvalue weighted by atomic mass is 10.2. The number of hydrogen-bond acceptors (Lipinski definition) is 6. The van der Waals surface area contributed by atoms with Crippen molar-refractivity contribution in [3.63, 3.8) is 0 Å². The molecule has 29 heavy (non-hydrogen) atoms. The number of halogens is 1. The van der Waals surface area contributed by atoms with Crippen LogP contribution in [0.2, 0.25) is 5.02 Å². The van der Waals surface area contributed by atoms with Gasteiger partial charge in [0, 0.05) is 37.1 Å². The predicted molar refractivity (Wildman–Crippen MR) is 109 cm³/mol. The lowest BCUT2D eigenvalue weighted by Gasteiger charge is -2.34. The first kappa shape index (κ1) is 20.1. The molecule has 2 aliphatic rings. The Morgan fingerprint density at radius 2 is 2.00 bits per heavy atom. The summed E-state index contributed by atoms with van der Waals surface area (Å²) in [6, 6.07) is 6.52. The molecule has 0 saturated carbocycles. The number of amides is 2. The molecule has 1 aromatic heterocycles. The summed E-state index contributed by atoms with van der Waals surface area (Å²) in [5.74, 6) is -0.0784. The minimum Gasteiger partial charge on any atom is -0.482 e. The molecule has 0 bridgehead atoms. The van der Waals surface area contributed by atoms with E-state index in [0.29, 0.717) is 25.2 Å². The van der Waals surface area contributed by atoms with Crippen LogP contribution in [0.5, 0.6) is 5.75 Å². The number of nitrogens with zero attached hydrogens (tertiary/aromatic N) is 2. The van der Waals surface area contributed by atoms with Crippen molar-refractivity contribution in [2.45, 2.75) is 11.3 Å². The summed E-state index contributed by atoms with van der Waals surface area (Å²) in [6.07, 6.45) is 0.324. The van der Waals surface area contributed by atoms with Crippen LogP contribution in [0, 0.1) is 0 Å². The second-order valence-electron chi connectivity index (χ2n) is 6.66. The van der Waals surface area contributed by atoms with E-state index in [9.17, 15) is 18.0 Å². The van der Waals surface area contributed by atoms with Crippen LogP contribution in [0.4, 0.5) is 5.69 Å². The predicted octanol–water partition coefficient (Wildman–Crippen LogP) is 1.81. The highest BCUT2D eigenvalue weighted by molar-refractivity contribution is 7.89. The van der Waals surface area contributed by atoms with E-state index in [1.807, 2.05) is 17.5 Å². The first-order valence-electron chi connectivity index (χ1n) is 8.91. The number of piperazine rings is 1. The highest BCUT2D eigenvalue weighted by Crippen LogP contribution is 2.37. The number of hydrogen-bond donors (Lipinski definition) is 1. The Labute approximate surface area is 177 Å². The van der Waals surface area contributed by atoms with Crippen LogP contribution < -0.4 is 10.1 Å². The van der Waals surface area contributed by atoms with Gasteiger partial charge in [0.25, 0.3) is 5.91 Å². The SMILES string of the molecule is O=C1COc2cc(S(=O)(=O)N3CCN(C(=O)Cc4cccs4)CC3)c(Cl)cc2N1. The summed E-state index contributed by atoms with van der Waals surface area (Å²) in [6.45, 7) is 0.823. The molecular weight excluding hydrogens is 438 g/mol. The maximum Gasteiger partial charge on any atom is 0.262 e. The zero-order valence-corrected chi connectivity index (χ0v) is 17.6. The summed E-state index contributed by atoms with van der Waals surface area (Å²) in [5.41, 5.74) is 0.342. The third kappa shape index (κ3) is 4.11. The number of benzene rings is 1. The molecule has 0 spiro atoms. The second-order valence-corrected chi connectivity index (χ2v) is 10.0. The Balaban J connectivity index is 1.46. The lowest BCUT2D eigenvalue weighted by Crippen LogP contribution is -2.50. The molecular formula is C18H18ClN3O5S2. The van der Waals surface area contributed by atoms with Crippen LogP contribution >= 0.6 is 22.9 Å². The third-order valence-electron chi connectivity index (χ3n) is 4.78. The zero-order valence-electron chi connectivity index (χ0n) is 15.3. The van der Waals surface area contributed by atoms with Gasteiger partial charge in [0.05, 0.1) is 17.1 Å². The van der Waals surface area contributed by atoms with Gasteiger partial charge in [-0.1, -0.05) is 17.7 Å². The van der Waals surface area contributed by atoms with Crippen molar-refractivity contribution in [1.82, 2.24) is 9.21 Å². The summed E-state index contributed by atoms with van der Waals surface area (Å²) in [7, 11) is -3.87. The van der Waals surface area contributed by atoms with Gasteiger partial charge < -0.3 is 15.0 Å². The second kappa shape index (κ2) is 7.94. The van der Waals surface area contributed by atoms with E-state index in [-0.39, 0.29) is 47.2 Å². The molecule has 1 N–H and O–H groups in total. The van der Waals surface area contributed by atoms with Crippen LogP contribution in [0.1, 0.15) is 4.88 Å². The van der Waals surface area contributed by atoms with Gasteiger partial charge in [0.1, 0.15) is 10.6 Å². The Morgan fingerprint density at radius 3 is 2.69 bits per heavy atom. The Bertz CT molecular complexity index is 1050. The van der Waals surface area contributed by atoms with E-state index in [2.05, 4.69) is 5.32 Å². The van der Waals surface area contributed by atoms with Crippen molar-refractivity contribution in [3.8, 4) is 5.75 Å². The fourth-order valence-electron chi connectivity index (χ4n) is 3.27. The molecule has 0 aliphatic carbocycles. The number of thiophene rings is 1. The van der Waals surface area contributed by atoms with Crippen LogP contribution in [0.15, 0.2) is 34.5 Å². The first-order valence-corrected chi connectivity index (χ1v) is 11.6. The van der Waals surface area contributed by atoms with Gasteiger partial charge in [0.15, 0.2) is 6.61 Å². The topological polar surface area (TPSA) is 96.0 Å². The van der Waals surface area contributed by atoms with Gasteiger partial charge >= 0.3 is 0 Å². The summed E-state index contributed by atoms with van der Waals surface area (Å²) >= 11 is 7.72. The van der Waals surface area contributed by atoms with Gasteiger partial charge in [0.2, 0.25) is 15.9 Å². The quantitative estimate of drug-likeness (QED) is 0.758. The van der Waals surface area contributed by atoms with Crippen molar-refractivity contribution in [2.24, 2.45) is 0 Å². The molecule has 4 rings (SSSR count). The number of rotatable bonds is 4. The number of carbonyl (C=O) groups excluding carboxylic acids is 2. The highest BCUT2D eigenvalue weighted by Gasteiger charge is 2.33. The molecule has 2 aromatic rings. The number of anilines is 1. The minimum absolute atomic E-state index is 0.00533. The van der Waals surface area contributed by atoms with Gasteiger partial charge in [-0.3, -0.25) is 9.59 Å². The summed E-state index contributed by atoms with van der Waals surface area (Å²) in [4.78, 5) is 26.4. The number of ether oxygens (including phenoxy) is 1. The van der Waals surface area contributed by atoms with Crippen LogP contribution in [0.25, 0.3) is 0 Å². The van der Waals surface area contributed by atoms with E-state index in [4.69, 9.17) is 16.3 Å². The molecule has 8 nitrogen and oxygen atoms in total. The highest BCUT2D eigenvalue weighted by atomic mass is 35.5. The number of nitrogens with one attached hydrogen (secondary N) is 1. The average molecular weight is 456 g/mol. The van der Waals surface area contributed by atoms with Gasteiger partial charge in [-0.05, 0) is 17.5 Å². The Kier molecular flexibility index (Phi) is 5.52. The van der Waals surface area contributed by atoms with Crippen LogP contribution in [0.3, 0.4) is 0 Å². The van der Waals surface area contributed by atoms with Gasteiger partial charge in [-0.2, -0.15) is 4.31 Å². The Hall–Kier alpha value is -2.14. The monoisotopic (exact) mass is 455 g/mol. The standard InChI is InChI=1S/C18H18ClN3O5S2/c19-13-9-14-15(27-11-17(23)20-14)10-16(13)29(25,26)22-5-3-21(4-6-22)18(24)8-12-2-1-7-28-12/h1-2,7,9-10H,3-6,8,11H2,(H,20,23).